The van der Waals surface area contributed by atoms with Gasteiger partial charge in [-0.15, -0.1) is 0 Å². The number of benzene rings is 2. The number of hydrogen-bond acceptors (Lipinski definition) is 3. The highest BCUT2D eigenvalue weighted by atomic mass is 16.5. The van der Waals surface area contributed by atoms with Gasteiger partial charge in [0, 0.05) is 5.56 Å². The monoisotopic (exact) mass is 253 g/mol. The van der Waals surface area contributed by atoms with Crippen molar-refractivity contribution in [3.05, 3.63) is 53.6 Å². The van der Waals surface area contributed by atoms with Crippen LogP contribution in [0.25, 0.3) is 22.2 Å². The van der Waals surface area contributed by atoms with Crippen molar-refractivity contribution in [2.45, 2.75) is 6.92 Å². The number of carboxylic acid groups (broad SMARTS) is 1. The van der Waals surface area contributed by atoms with Crippen LogP contribution in [0.5, 0.6) is 0 Å². The molecule has 1 aromatic heterocycles. The average molecular weight is 253 g/mol. The number of hydrogen-bond donors (Lipinski definition) is 1. The van der Waals surface area contributed by atoms with Gasteiger partial charge in [0.15, 0.2) is 5.76 Å². The maximum absolute atomic E-state index is 11.0. The summed E-state index contributed by atoms with van der Waals surface area (Å²) in [4.78, 5) is 11.0. The van der Waals surface area contributed by atoms with Crippen molar-refractivity contribution in [1.29, 1.82) is 0 Å². The van der Waals surface area contributed by atoms with Gasteiger partial charge in [-0.25, -0.2) is 4.79 Å². The van der Waals surface area contributed by atoms with Crippen molar-refractivity contribution < 1.29 is 14.4 Å². The molecule has 0 aliphatic carbocycles. The second-order valence-corrected chi connectivity index (χ2v) is 4.42. The van der Waals surface area contributed by atoms with E-state index in [-0.39, 0.29) is 5.56 Å². The van der Waals surface area contributed by atoms with E-state index in [1.807, 2.05) is 31.2 Å². The Hall–Kier alpha value is -2.62. The molecule has 0 atom stereocenters. The Balaban J connectivity index is 2.24. The van der Waals surface area contributed by atoms with Crippen LogP contribution in [0.1, 0.15) is 15.9 Å². The van der Waals surface area contributed by atoms with E-state index in [0.29, 0.717) is 16.7 Å². The fraction of sp³-hybridized carbons (Fsp3) is 0.0667. The predicted molar refractivity (Wildman–Crippen MR) is 71.1 cm³/mol. The Morgan fingerprint density at radius 2 is 2.05 bits per heavy atom. The molecule has 0 radical (unpaired) electrons. The van der Waals surface area contributed by atoms with Crippen molar-refractivity contribution in [3.63, 3.8) is 0 Å². The number of carbonyl (C=O) groups is 1. The van der Waals surface area contributed by atoms with E-state index in [1.54, 1.807) is 12.1 Å². The Bertz CT molecular complexity index is 774. The van der Waals surface area contributed by atoms with E-state index in [0.717, 1.165) is 11.1 Å². The standard InChI is InChI=1S/C15H11NO3/c1-9-3-2-4-10(7-9)14-12-8-11(15(17)18)5-6-13(12)16-19-14/h2-8H,1H3,(H,17,18). The summed E-state index contributed by atoms with van der Waals surface area (Å²) in [5.41, 5.74) is 2.88. The van der Waals surface area contributed by atoms with Gasteiger partial charge in [0.1, 0.15) is 5.52 Å². The molecular formula is C15H11NO3. The van der Waals surface area contributed by atoms with Crippen LogP contribution in [0, 0.1) is 6.92 Å². The molecule has 4 nitrogen and oxygen atoms in total. The number of fused-ring (bicyclic) bond motifs is 1. The summed E-state index contributed by atoms with van der Waals surface area (Å²) < 4.78 is 5.35. The quantitative estimate of drug-likeness (QED) is 0.759. The molecule has 0 unspecified atom stereocenters. The number of aryl methyl sites for hydroxylation is 1. The van der Waals surface area contributed by atoms with Gasteiger partial charge in [-0.2, -0.15) is 0 Å². The minimum absolute atomic E-state index is 0.226. The van der Waals surface area contributed by atoms with Crippen LogP contribution in [0.2, 0.25) is 0 Å². The molecule has 0 bridgehead atoms. The lowest BCUT2D eigenvalue weighted by atomic mass is 10.0. The highest BCUT2D eigenvalue weighted by Crippen LogP contribution is 2.29. The van der Waals surface area contributed by atoms with Crippen LogP contribution in [0.4, 0.5) is 0 Å². The van der Waals surface area contributed by atoms with E-state index in [2.05, 4.69) is 5.16 Å². The van der Waals surface area contributed by atoms with Crippen molar-refractivity contribution in [2.24, 2.45) is 0 Å². The van der Waals surface area contributed by atoms with Crippen LogP contribution in [0.3, 0.4) is 0 Å². The zero-order valence-electron chi connectivity index (χ0n) is 10.3. The third kappa shape index (κ3) is 1.97. The first-order chi connectivity index (χ1) is 9.15. The zero-order chi connectivity index (χ0) is 13.4. The van der Waals surface area contributed by atoms with Crippen LogP contribution < -0.4 is 0 Å². The molecule has 1 heterocycles. The third-order valence-corrected chi connectivity index (χ3v) is 3.00. The highest BCUT2D eigenvalue weighted by molar-refractivity contribution is 5.98. The molecule has 1 N–H and O–H groups in total. The van der Waals surface area contributed by atoms with Crippen LogP contribution >= 0.6 is 0 Å². The molecule has 3 rings (SSSR count). The van der Waals surface area contributed by atoms with Crippen LogP contribution in [-0.2, 0) is 0 Å². The molecule has 4 heteroatoms. The number of nitrogens with zero attached hydrogens (tertiary/aromatic N) is 1. The summed E-state index contributed by atoms with van der Waals surface area (Å²) in [7, 11) is 0. The normalized spacial score (nSPS) is 10.8. The number of aromatic nitrogens is 1. The van der Waals surface area contributed by atoms with Gasteiger partial charge in [0.25, 0.3) is 0 Å². The molecular weight excluding hydrogens is 242 g/mol. The third-order valence-electron chi connectivity index (χ3n) is 3.00. The molecule has 0 fully saturated rings. The minimum atomic E-state index is -0.960. The Labute approximate surface area is 109 Å². The molecule has 0 saturated heterocycles. The molecule has 0 saturated carbocycles. The maximum atomic E-state index is 11.0. The zero-order valence-corrected chi connectivity index (χ0v) is 10.3. The van der Waals surface area contributed by atoms with E-state index in [4.69, 9.17) is 9.63 Å². The summed E-state index contributed by atoms with van der Waals surface area (Å²) in [6.45, 7) is 1.99. The van der Waals surface area contributed by atoms with E-state index in [9.17, 15) is 4.79 Å². The number of rotatable bonds is 2. The summed E-state index contributed by atoms with van der Waals surface area (Å²) >= 11 is 0. The van der Waals surface area contributed by atoms with Crippen LogP contribution in [-0.4, -0.2) is 16.2 Å². The molecule has 94 valence electrons. The van der Waals surface area contributed by atoms with Gasteiger partial charge in [-0.3, -0.25) is 0 Å². The molecule has 0 aliphatic heterocycles. The lowest BCUT2D eigenvalue weighted by Gasteiger charge is -1.99. The summed E-state index contributed by atoms with van der Waals surface area (Å²) in [6.07, 6.45) is 0. The van der Waals surface area contributed by atoms with Gasteiger partial charge in [-0.1, -0.05) is 28.9 Å². The highest BCUT2D eigenvalue weighted by Gasteiger charge is 2.13. The second kappa shape index (κ2) is 4.24. The first-order valence-corrected chi connectivity index (χ1v) is 5.85. The predicted octanol–water partition coefficient (Wildman–Crippen LogP) is 3.50. The van der Waals surface area contributed by atoms with Gasteiger partial charge < -0.3 is 9.63 Å². The van der Waals surface area contributed by atoms with Crippen LogP contribution in [0.15, 0.2) is 47.0 Å². The molecule has 0 spiro atoms. The molecule has 0 amide bonds. The smallest absolute Gasteiger partial charge is 0.335 e. The maximum Gasteiger partial charge on any atom is 0.335 e. The van der Waals surface area contributed by atoms with E-state index in [1.165, 1.54) is 6.07 Å². The molecule has 3 aromatic rings. The lowest BCUT2D eigenvalue weighted by Crippen LogP contribution is -1.94. The van der Waals surface area contributed by atoms with E-state index < -0.39 is 5.97 Å². The van der Waals surface area contributed by atoms with Gasteiger partial charge in [0.2, 0.25) is 0 Å². The van der Waals surface area contributed by atoms with Gasteiger partial charge in [-0.05, 0) is 31.2 Å². The van der Waals surface area contributed by atoms with E-state index >= 15 is 0 Å². The number of aromatic carboxylic acids is 1. The Kier molecular flexibility index (Phi) is 2.56. The second-order valence-electron chi connectivity index (χ2n) is 4.42. The van der Waals surface area contributed by atoms with Gasteiger partial charge >= 0.3 is 5.97 Å². The fourth-order valence-corrected chi connectivity index (χ4v) is 2.07. The molecule has 19 heavy (non-hydrogen) atoms. The Morgan fingerprint density at radius 3 is 2.79 bits per heavy atom. The summed E-state index contributed by atoms with van der Waals surface area (Å²) in [5.74, 6) is -0.361. The number of carboxylic acids is 1. The van der Waals surface area contributed by atoms with Crippen molar-refractivity contribution in [2.75, 3.05) is 0 Å². The van der Waals surface area contributed by atoms with Crippen molar-refractivity contribution in [3.8, 4) is 11.3 Å². The Morgan fingerprint density at radius 1 is 1.21 bits per heavy atom. The average Bonchev–Trinajstić information content (AvgIpc) is 2.81. The first-order valence-electron chi connectivity index (χ1n) is 5.85. The lowest BCUT2D eigenvalue weighted by molar-refractivity contribution is 0.0697. The summed E-state index contributed by atoms with van der Waals surface area (Å²) in [5, 5.41) is 13.7. The molecule has 2 aromatic carbocycles. The first kappa shape index (κ1) is 11.5. The fourth-order valence-electron chi connectivity index (χ4n) is 2.07. The van der Waals surface area contributed by atoms with Gasteiger partial charge in [0.05, 0.1) is 10.9 Å². The molecule has 0 aliphatic rings. The minimum Gasteiger partial charge on any atom is -0.478 e. The van der Waals surface area contributed by atoms with Crippen molar-refractivity contribution in [1.82, 2.24) is 5.16 Å². The topological polar surface area (TPSA) is 63.3 Å². The largest absolute Gasteiger partial charge is 0.478 e. The summed E-state index contributed by atoms with van der Waals surface area (Å²) in [6, 6.07) is 12.6. The SMILES string of the molecule is Cc1cccc(-c2onc3ccc(C(=O)O)cc23)c1. The van der Waals surface area contributed by atoms with Crippen molar-refractivity contribution >= 4 is 16.9 Å².